The molecule has 0 saturated heterocycles. The Hall–Kier alpha value is -2.68. The lowest BCUT2D eigenvalue weighted by Gasteiger charge is -2.12. The summed E-state index contributed by atoms with van der Waals surface area (Å²) in [7, 11) is 0. The lowest BCUT2D eigenvalue weighted by Crippen LogP contribution is -2.34. The van der Waals surface area contributed by atoms with Crippen LogP contribution >= 0.6 is 0 Å². The van der Waals surface area contributed by atoms with Crippen LogP contribution in [0.4, 0.5) is 11.4 Å². The van der Waals surface area contributed by atoms with E-state index in [2.05, 4.69) is 19.9 Å². The van der Waals surface area contributed by atoms with E-state index in [1.807, 2.05) is 26.0 Å². The topological polar surface area (TPSA) is 70.7 Å². The van der Waals surface area contributed by atoms with E-state index < -0.39 is 0 Å². The molecule has 100 valence electrons. The molecule has 2 heterocycles. The molecule has 1 atom stereocenters. The fraction of sp³-hybridized carbons (Fsp3) is 0.286. The van der Waals surface area contributed by atoms with Crippen LogP contribution in [0.1, 0.15) is 18.9 Å². The number of fused-ring (bicyclic) bond motifs is 1. The summed E-state index contributed by atoms with van der Waals surface area (Å²) >= 11 is 0. The number of aryl methyl sites for hydroxylation is 1. The van der Waals surface area contributed by atoms with Crippen molar-refractivity contribution < 1.29 is 0 Å². The van der Waals surface area contributed by atoms with Gasteiger partial charge in [0, 0.05) is 12.1 Å². The average Bonchev–Trinajstić information content (AvgIpc) is 2.91. The van der Waals surface area contributed by atoms with E-state index in [1.165, 1.54) is 0 Å². The van der Waals surface area contributed by atoms with Gasteiger partial charge in [0.15, 0.2) is 11.5 Å². The van der Waals surface area contributed by atoms with E-state index in [0.29, 0.717) is 17.5 Å². The van der Waals surface area contributed by atoms with Gasteiger partial charge in [0.05, 0.1) is 12.3 Å². The molecule has 0 bridgehead atoms. The van der Waals surface area contributed by atoms with E-state index >= 15 is 0 Å². The maximum Gasteiger partial charge on any atom is 0.219 e. The summed E-state index contributed by atoms with van der Waals surface area (Å²) in [6.45, 7) is 10.9. The molecule has 2 aliphatic rings. The summed E-state index contributed by atoms with van der Waals surface area (Å²) in [5.41, 5.74) is 9.22. The smallest absolute Gasteiger partial charge is 0.219 e. The Labute approximate surface area is 117 Å². The molecule has 0 fully saturated rings. The first-order valence-corrected chi connectivity index (χ1v) is 6.32. The van der Waals surface area contributed by atoms with E-state index in [0.717, 1.165) is 23.4 Å². The zero-order valence-corrected chi connectivity index (χ0v) is 11.3. The van der Waals surface area contributed by atoms with Gasteiger partial charge < -0.3 is 5.73 Å². The lowest BCUT2D eigenvalue weighted by molar-refractivity contribution is 0.446. The van der Waals surface area contributed by atoms with Crippen molar-refractivity contribution in [2.24, 2.45) is 20.8 Å². The van der Waals surface area contributed by atoms with E-state index in [-0.39, 0.29) is 6.04 Å². The van der Waals surface area contributed by atoms with Gasteiger partial charge in [0.1, 0.15) is 6.04 Å². The number of guanidine groups is 1. The summed E-state index contributed by atoms with van der Waals surface area (Å²) in [6.07, 6.45) is 0.794. The van der Waals surface area contributed by atoms with Gasteiger partial charge >= 0.3 is 0 Å². The van der Waals surface area contributed by atoms with Crippen LogP contribution in [0.15, 0.2) is 33.3 Å². The monoisotopic (exact) mass is 266 g/mol. The van der Waals surface area contributed by atoms with Crippen molar-refractivity contribution in [2.75, 3.05) is 0 Å². The van der Waals surface area contributed by atoms with Crippen molar-refractivity contribution in [2.45, 2.75) is 26.3 Å². The number of benzene rings is 1. The Morgan fingerprint density at radius 2 is 2.25 bits per heavy atom. The molecule has 1 unspecified atom stereocenters. The average molecular weight is 266 g/mol. The molecule has 6 nitrogen and oxygen atoms in total. The molecule has 1 aromatic rings. The molecule has 0 aliphatic carbocycles. The molecule has 1 aromatic carbocycles. The molecule has 20 heavy (non-hydrogen) atoms. The van der Waals surface area contributed by atoms with E-state index in [4.69, 9.17) is 12.3 Å². The van der Waals surface area contributed by atoms with Crippen molar-refractivity contribution in [3.63, 3.8) is 0 Å². The maximum atomic E-state index is 7.05. The summed E-state index contributed by atoms with van der Waals surface area (Å²) < 4.78 is 0. The molecule has 0 saturated carbocycles. The van der Waals surface area contributed by atoms with Crippen LogP contribution in [0, 0.1) is 13.5 Å². The van der Waals surface area contributed by atoms with Gasteiger partial charge in [0.2, 0.25) is 5.96 Å². The van der Waals surface area contributed by atoms with Crippen molar-refractivity contribution in [3.05, 3.63) is 35.2 Å². The van der Waals surface area contributed by atoms with Gasteiger partial charge in [-0.2, -0.15) is 10.1 Å². The third kappa shape index (κ3) is 1.93. The Balaban J connectivity index is 1.94. The highest BCUT2D eigenvalue weighted by molar-refractivity contribution is 6.09. The summed E-state index contributed by atoms with van der Waals surface area (Å²) in [5, 5.41) is 6.06. The minimum Gasteiger partial charge on any atom is -0.368 e. The second-order valence-electron chi connectivity index (χ2n) is 4.92. The molecule has 0 spiro atoms. The van der Waals surface area contributed by atoms with Crippen molar-refractivity contribution >= 4 is 28.9 Å². The standard InChI is InChI=1S/C14H14N6/c1-8-6-10(4-5-11(8)16-3)17-13-12-7-9(2)19-20(12)14(15)18-13/h4-6,12H,7H2,1-2H3,(H2,15,17,18). The predicted molar refractivity (Wildman–Crippen MR) is 79.5 cm³/mol. The number of nitrogens with two attached hydrogens (primary N) is 1. The summed E-state index contributed by atoms with van der Waals surface area (Å²) in [5.74, 6) is 1.07. The first-order valence-electron chi connectivity index (χ1n) is 6.32. The van der Waals surface area contributed by atoms with Gasteiger partial charge in [-0.1, -0.05) is 6.07 Å². The van der Waals surface area contributed by atoms with Gasteiger partial charge in [-0.15, -0.1) is 0 Å². The molecular weight excluding hydrogens is 252 g/mol. The third-order valence-corrected chi connectivity index (χ3v) is 3.37. The zero-order chi connectivity index (χ0) is 14.3. The summed E-state index contributed by atoms with van der Waals surface area (Å²) in [6, 6.07) is 5.50. The number of aliphatic imine (C=N–C) groups is 2. The lowest BCUT2D eigenvalue weighted by atomic mass is 10.1. The number of hydrazone groups is 1. The normalized spacial score (nSPS) is 22.6. The second kappa shape index (κ2) is 4.46. The van der Waals surface area contributed by atoms with E-state index in [9.17, 15) is 0 Å². The van der Waals surface area contributed by atoms with Crippen LogP contribution < -0.4 is 5.73 Å². The minimum atomic E-state index is 0.0100. The number of nitrogens with zero attached hydrogens (tertiary/aromatic N) is 5. The van der Waals surface area contributed by atoms with Crippen molar-refractivity contribution in [1.82, 2.24) is 5.01 Å². The number of amidine groups is 1. The quantitative estimate of drug-likeness (QED) is 0.792. The molecule has 0 aromatic heterocycles. The Bertz CT molecular complexity index is 707. The maximum absolute atomic E-state index is 7.05. The largest absolute Gasteiger partial charge is 0.368 e. The van der Waals surface area contributed by atoms with Crippen LogP contribution in [0.5, 0.6) is 0 Å². The molecular formula is C14H14N6. The van der Waals surface area contributed by atoms with Crippen LogP contribution in [-0.4, -0.2) is 28.6 Å². The molecule has 6 heteroatoms. The van der Waals surface area contributed by atoms with Gasteiger partial charge in [-0.05, 0) is 31.5 Å². The first-order chi connectivity index (χ1) is 9.58. The number of rotatable bonds is 1. The van der Waals surface area contributed by atoms with Crippen LogP contribution in [0.2, 0.25) is 0 Å². The minimum absolute atomic E-state index is 0.0100. The highest BCUT2D eigenvalue weighted by atomic mass is 15.6. The zero-order valence-electron chi connectivity index (χ0n) is 11.3. The first kappa shape index (κ1) is 12.4. The highest BCUT2D eigenvalue weighted by Crippen LogP contribution is 2.27. The van der Waals surface area contributed by atoms with Crippen molar-refractivity contribution in [1.29, 1.82) is 0 Å². The Morgan fingerprint density at radius 1 is 1.45 bits per heavy atom. The molecule has 0 radical (unpaired) electrons. The van der Waals surface area contributed by atoms with Crippen LogP contribution in [0.25, 0.3) is 4.85 Å². The van der Waals surface area contributed by atoms with Crippen LogP contribution in [0.3, 0.4) is 0 Å². The van der Waals surface area contributed by atoms with Gasteiger partial charge in [-0.25, -0.2) is 14.8 Å². The van der Waals surface area contributed by atoms with E-state index in [1.54, 1.807) is 11.1 Å². The summed E-state index contributed by atoms with van der Waals surface area (Å²) in [4.78, 5) is 12.3. The highest BCUT2D eigenvalue weighted by Gasteiger charge is 2.36. The third-order valence-electron chi connectivity index (χ3n) is 3.37. The molecule has 2 aliphatic heterocycles. The number of hydrogen-bond donors (Lipinski definition) is 1. The van der Waals surface area contributed by atoms with Crippen molar-refractivity contribution in [3.8, 4) is 0 Å². The van der Waals surface area contributed by atoms with Gasteiger partial charge in [0.25, 0.3) is 0 Å². The molecule has 2 N–H and O–H groups in total. The fourth-order valence-electron chi connectivity index (χ4n) is 2.38. The van der Waals surface area contributed by atoms with Crippen LogP contribution in [-0.2, 0) is 0 Å². The van der Waals surface area contributed by atoms with Gasteiger partial charge in [-0.3, -0.25) is 0 Å². The Kier molecular flexibility index (Phi) is 2.75. The Morgan fingerprint density at radius 3 is 2.95 bits per heavy atom. The predicted octanol–water partition coefficient (Wildman–Crippen LogP) is 2.35. The fourth-order valence-corrected chi connectivity index (χ4v) is 2.38. The number of hydrogen-bond acceptors (Lipinski definition) is 4. The SMILES string of the molecule is [C-]#[N+]c1ccc(N=C2N=C(N)N3N=C(C)CC23)cc1C. The molecule has 0 amide bonds. The second-order valence-corrected chi connectivity index (χ2v) is 4.92. The molecule has 3 rings (SSSR count).